The van der Waals surface area contributed by atoms with Crippen LogP contribution in [0.3, 0.4) is 0 Å². The molecule has 0 unspecified atom stereocenters. The van der Waals surface area contributed by atoms with E-state index in [4.69, 9.17) is 4.74 Å². The van der Waals surface area contributed by atoms with Crippen molar-refractivity contribution in [3.63, 3.8) is 0 Å². The Bertz CT molecular complexity index is 1210. The Kier molecular flexibility index (Phi) is 6.85. The number of rotatable bonds is 6. The zero-order valence-corrected chi connectivity index (χ0v) is 18.5. The lowest BCUT2D eigenvalue weighted by Crippen LogP contribution is -2.31. The molecule has 1 aliphatic rings. The maximum atomic E-state index is 13.4. The van der Waals surface area contributed by atoms with E-state index in [0.29, 0.717) is 22.3 Å². The van der Waals surface area contributed by atoms with Gasteiger partial charge < -0.3 is 10.1 Å². The average Bonchev–Trinajstić information content (AvgIpc) is 3.14. The molecule has 3 aromatic rings. The van der Waals surface area contributed by atoms with Gasteiger partial charge in [-0.1, -0.05) is 42.1 Å². The molecule has 3 aromatic carbocycles. The summed E-state index contributed by atoms with van der Waals surface area (Å²) in [5.74, 6) is -0.276. The Morgan fingerprint density at radius 1 is 1.06 bits per heavy atom. The van der Waals surface area contributed by atoms with Gasteiger partial charge in [-0.15, -0.1) is 0 Å². The average molecular weight is 462 g/mol. The molecule has 4 rings (SSSR count). The first kappa shape index (κ1) is 22.3. The fourth-order valence-corrected chi connectivity index (χ4v) is 3.93. The SMILES string of the molecule is COc1ccc(NC(=O)CSC2=N/C(=C\c3ccccc3)C(=O)N2c2ccc(F)cc2)cc1. The molecule has 0 radical (unpaired) electrons. The number of amidine groups is 1. The number of methoxy groups -OCH3 is 1. The van der Waals surface area contributed by atoms with E-state index in [1.165, 1.54) is 29.2 Å². The van der Waals surface area contributed by atoms with E-state index in [1.54, 1.807) is 37.5 Å². The molecule has 1 N–H and O–H groups in total. The fraction of sp³-hybridized carbons (Fsp3) is 0.0800. The van der Waals surface area contributed by atoms with Crippen LogP contribution in [0.25, 0.3) is 6.08 Å². The number of amides is 2. The van der Waals surface area contributed by atoms with Crippen LogP contribution >= 0.6 is 11.8 Å². The second kappa shape index (κ2) is 10.1. The lowest BCUT2D eigenvalue weighted by Gasteiger charge is -2.17. The molecule has 0 saturated heterocycles. The highest BCUT2D eigenvalue weighted by atomic mass is 32.2. The summed E-state index contributed by atoms with van der Waals surface area (Å²) in [5.41, 5.74) is 2.17. The zero-order chi connectivity index (χ0) is 23.2. The highest BCUT2D eigenvalue weighted by molar-refractivity contribution is 8.14. The van der Waals surface area contributed by atoms with Gasteiger partial charge in [0.25, 0.3) is 5.91 Å². The Labute approximate surface area is 194 Å². The molecule has 33 heavy (non-hydrogen) atoms. The summed E-state index contributed by atoms with van der Waals surface area (Å²) in [6.45, 7) is 0. The molecule has 0 atom stereocenters. The molecule has 0 bridgehead atoms. The van der Waals surface area contributed by atoms with Crippen molar-refractivity contribution in [1.82, 2.24) is 0 Å². The molecular weight excluding hydrogens is 441 g/mol. The highest BCUT2D eigenvalue weighted by Crippen LogP contribution is 2.29. The molecule has 166 valence electrons. The largest absolute Gasteiger partial charge is 0.497 e. The number of halogens is 1. The van der Waals surface area contributed by atoms with Crippen molar-refractivity contribution < 1.29 is 18.7 Å². The van der Waals surface area contributed by atoms with E-state index in [-0.39, 0.29) is 23.3 Å². The molecule has 8 heteroatoms. The Balaban J connectivity index is 1.53. The molecule has 0 aromatic heterocycles. The van der Waals surface area contributed by atoms with Crippen LogP contribution in [-0.4, -0.2) is 29.8 Å². The molecular formula is C25H20FN3O3S. The van der Waals surface area contributed by atoms with Crippen molar-refractivity contribution >= 4 is 46.2 Å². The summed E-state index contributed by atoms with van der Waals surface area (Å²) in [7, 11) is 1.57. The van der Waals surface area contributed by atoms with Crippen LogP contribution in [0, 0.1) is 5.82 Å². The third-order valence-electron chi connectivity index (χ3n) is 4.72. The normalized spacial score (nSPS) is 14.4. The van der Waals surface area contributed by atoms with Crippen LogP contribution in [-0.2, 0) is 9.59 Å². The third-order valence-corrected chi connectivity index (χ3v) is 5.66. The summed E-state index contributed by atoms with van der Waals surface area (Å²) in [6.07, 6.45) is 1.68. The van der Waals surface area contributed by atoms with Crippen molar-refractivity contribution in [1.29, 1.82) is 0 Å². The lowest BCUT2D eigenvalue weighted by atomic mass is 10.2. The van der Waals surface area contributed by atoms with Crippen molar-refractivity contribution in [3.8, 4) is 5.75 Å². The van der Waals surface area contributed by atoms with E-state index in [0.717, 1.165) is 17.3 Å². The fourth-order valence-electron chi connectivity index (χ4n) is 3.12. The van der Waals surface area contributed by atoms with E-state index in [1.807, 2.05) is 30.3 Å². The molecule has 0 saturated carbocycles. The van der Waals surface area contributed by atoms with Gasteiger partial charge in [0.05, 0.1) is 18.6 Å². The van der Waals surface area contributed by atoms with Crippen LogP contribution in [0.2, 0.25) is 0 Å². The minimum absolute atomic E-state index is 0.0362. The number of thioether (sulfide) groups is 1. The first-order valence-electron chi connectivity index (χ1n) is 10.1. The number of aliphatic imine (C=N–C) groups is 1. The van der Waals surface area contributed by atoms with Crippen molar-refractivity contribution in [2.45, 2.75) is 0 Å². The monoisotopic (exact) mass is 461 g/mol. The topological polar surface area (TPSA) is 71.0 Å². The van der Waals surface area contributed by atoms with E-state index < -0.39 is 5.82 Å². The second-order valence-electron chi connectivity index (χ2n) is 7.02. The van der Waals surface area contributed by atoms with Gasteiger partial charge in [0.15, 0.2) is 5.17 Å². The summed E-state index contributed by atoms with van der Waals surface area (Å²) >= 11 is 1.13. The highest BCUT2D eigenvalue weighted by Gasteiger charge is 2.32. The van der Waals surface area contributed by atoms with Crippen LogP contribution in [0.1, 0.15) is 5.56 Å². The van der Waals surface area contributed by atoms with Crippen LogP contribution in [0.15, 0.2) is 89.6 Å². The van der Waals surface area contributed by atoms with Gasteiger partial charge in [-0.25, -0.2) is 9.38 Å². The van der Waals surface area contributed by atoms with Gasteiger partial charge in [-0.05, 0) is 60.2 Å². The van der Waals surface area contributed by atoms with E-state index in [9.17, 15) is 14.0 Å². The Hall–Kier alpha value is -3.91. The molecule has 0 spiro atoms. The minimum atomic E-state index is -0.407. The maximum Gasteiger partial charge on any atom is 0.283 e. The molecule has 6 nitrogen and oxygen atoms in total. The first-order chi connectivity index (χ1) is 16.0. The number of carbonyl (C=O) groups excluding carboxylic acids is 2. The van der Waals surface area contributed by atoms with Gasteiger partial charge in [-0.3, -0.25) is 14.5 Å². The summed E-state index contributed by atoms with van der Waals surface area (Å²) in [5, 5.41) is 3.15. The van der Waals surface area contributed by atoms with Crippen molar-refractivity contribution in [2.75, 3.05) is 23.1 Å². The number of nitrogens with one attached hydrogen (secondary N) is 1. The van der Waals surface area contributed by atoms with Gasteiger partial charge in [0.2, 0.25) is 5.91 Å². The number of ether oxygens (including phenoxy) is 1. The number of anilines is 2. The second-order valence-corrected chi connectivity index (χ2v) is 7.96. The first-order valence-corrected chi connectivity index (χ1v) is 11.0. The summed E-state index contributed by atoms with van der Waals surface area (Å²) in [4.78, 5) is 31.5. The lowest BCUT2D eigenvalue weighted by molar-refractivity contribution is -0.114. The van der Waals surface area contributed by atoms with E-state index in [2.05, 4.69) is 10.3 Å². The Morgan fingerprint density at radius 3 is 2.42 bits per heavy atom. The van der Waals surface area contributed by atoms with E-state index >= 15 is 0 Å². The standard InChI is InChI=1S/C25H20FN3O3S/c1-32-21-13-9-19(10-14-21)27-23(30)16-33-25-28-22(15-17-5-3-2-4-6-17)24(31)29(25)20-11-7-18(26)8-12-20/h2-15H,16H2,1H3,(H,27,30)/b22-15-. The number of carbonyl (C=O) groups is 2. The van der Waals surface area contributed by atoms with Gasteiger partial charge in [0, 0.05) is 5.69 Å². The number of benzene rings is 3. The quantitative estimate of drug-likeness (QED) is 0.528. The number of nitrogens with zero attached hydrogens (tertiary/aromatic N) is 2. The van der Waals surface area contributed by atoms with Gasteiger partial charge in [-0.2, -0.15) is 0 Å². The third kappa shape index (κ3) is 5.48. The minimum Gasteiger partial charge on any atom is -0.497 e. The van der Waals surface area contributed by atoms with Crippen LogP contribution < -0.4 is 15.0 Å². The van der Waals surface area contributed by atoms with Crippen LogP contribution in [0.5, 0.6) is 5.75 Å². The summed E-state index contributed by atoms with van der Waals surface area (Å²) in [6, 6.07) is 21.9. The molecule has 2 amide bonds. The van der Waals surface area contributed by atoms with Gasteiger partial charge in [0.1, 0.15) is 17.3 Å². The molecule has 0 aliphatic carbocycles. The zero-order valence-electron chi connectivity index (χ0n) is 17.7. The van der Waals surface area contributed by atoms with Gasteiger partial charge >= 0.3 is 0 Å². The van der Waals surface area contributed by atoms with Crippen molar-refractivity contribution in [3.05, 3.63) is 95.9 Å². The smallest absolute Gasteiger partial charge is 0.283 e. The Morgan fingerprint density at radius 2 is 1.76 bits per heavy atom. The predicted octanol–water partition coefficient (Wildman–Crippen LogP) is 4.95. The summed E-state index contributed by atoms with van der Waals surface area (Å²) < 4.78 is 18.5. The molecule has 1 aliphatic heterocycles. The number of hydrogen-bond donors (Lipinski definition) is 1. The predicted molar refractivity (Wildman–Crippen MR) is 130 cm³/mol. The number of hydrogen-bond acceptors (Lipinski definition) is 5. The maximum absolute atomic E-state index is 13.4. The van der Waals surface area contributed by atoms with Crippen molar-refractivity contribution in [2.24, 2.45) is 4.99 Å². The molecule has 1 heterocycles. The van der Waals surface area contributed by atoms with Crippen LogP contribution in [0.4, 0.5) is 15.8 Å². The molecule has 0 fully saturated rings.